The maximum absolute atomic E-state index is 12.5. The molecule has 0 spiro atoms. The summed E-state index contributed by atoms with van der Waals surface area (Å²) < 4.78 is 3.73. The number of hydrogen-bond donors (Lipinski definition) is 1. The van der Waals surface area contributed by atoms with Crippen LogP contribution in [0.2, 0.25) is 0 Å². The fourth-order valence-corrected chi connectivity index (χ4v) is 3.67. The maximum Gasteiger partial charge on any atom is 0.267 e. The zero-order valence-corrected chi connectivity index (χ0v) is 15.7. The van der Waals surface area contributed by atoms with Gasteiger partial charge in [-0.15, -0.1) is 0 Å². The van der Waals surface area contributed by atoms with Gasteiger partial charge >= 0.3 is 0 Å². The highest BCUT2D eigenvalue weighted by Crippen LogP contribution is 2.31. The normalized spacial score (nSPS) is 17.3. The standard InChI is InChI=1S/C19H27N5O2/c1-14-12-21-23(13-14)11-9-20-19(26)18-8-7-16(22(18)3)17-6-4-5-10-24(17)15(2)25/h7-8,12-13,17H,4-6,9-11H2,1-3H3,(H,20,26)/t17-/m1/s1. The number of nitrogens with zero attached hydrogens (tertiary/aromatic N) is 4. The molecular weight excluding hydrogens is 330 g/mol. The largest absolute Gasteiger partial charge is 0.349 e. The van der Waals surface area contributed by atoms with Crippen LogP contribution >= 0.6 is 0 Å². The summed E-state index contributed by atoms with van der Waals surface area (Å²) in [6, 6.07) is 3.87. The van der Waals surface area contributed by atoms with Crippen LogP contribution in [-0.4, -0.2) is 44.2 Å². The molecule has 1 saturated heterocycles. The molecule has 0 radical (unpaired) electrons. The number of amides is 2. The Morgan fingerprint density at radius 1 is 1.31 bits per heavy atom. The third kappa shape index (κ3) is 3.81. The Morgan fingerprint density at radius 2 is 2.12 bits per heavy atom. The van der Waals surface area contributed by atoms with Crippen LogP contribution in [-0.2, 0) is 18.4 Å². The van der Waals surface area contributed by atoms with E-state index < -0.39 is 0 Å². The van der Waals surface area contributed by atoms with Gasteiger partial charge in [0.25, 0.3) is 5.91 Å². The number of aromatic nitrogens is 3. The van der Waals surface area contributed by atoms with Gasteiger partial charge in [-0.2, -0.15) is 5.10 Å². The van der Waals surface area contributed by atoms with E-state index in [1.165, 1.54) is 0 Å². The lowest BCUT2D eigenvalue weighted by atomic mass is 9.99. The summed E-state index contributed by atoms with van der Waals surface area (Å²) in [6.45, 7) is 5.55. The van der Waals surface area contributed by atoms with Gasteiger partial charge in [0.1, 0.15) is 5.69 Å². The molecule has 140 valence electrons. The van der Waals surface area contributed by atoms with Crippen LogP contribution in [0.15, 0.2) is 24.5 Å². The third-order valence-electron chi connectivity index (χ3n) is 5.03. The molecule has 1 aliphatic rings. The number of likely N-dealkylation sites (tertiary alicyclic amines) is 1. The predicted molar refractivity (Wildman–Crippen MR) is 98.7 cm³/mol. The minimum Gasteiger partial charge on any atom is -0.349 e. The van der Waals surface area contributed by atoms with Gasteiger partial charge in [0, 0.05) is 39.0 Å². The molecule has 7 nitrogen and oxygen atoms in total. The molecule has 3 heterocycles. The molecule has 2 amide bonds. The average molecular weight is 357 g/mol. The molecule has 1 aliphatic heterocycles. The van der Waals surface area contributed by atoms with Crippen molar-refractivity contribution < 1.29 is 9.59 Å². The molecule has 1 fully saturated rings. The first-order valence-electron chi connectivity index (χ1n) is 9.17. The third-order valence-corrected chi connectivity index (χ3v) is 5.03. The smallest absolute Gasteiger partial charge is 0.267 e. The molecule has 0 aliphatic carbocycles. The fourth-order valence-electron chi connectivity index (χ4n) is 3.67. The SMILES string of the molecule is CC(=O)N1CCCC[C@@H]1c1ccc(C(=O)NCCn2cc(C)cn2)n1C. The van der Waals surface area contributed by atoms with E-state index in [1.807, 2.05) is 46.4 Å². The van der Waals surface area contributed by atoms with Gasteiger partial charge in [0.2, 0.25) is 5.91 Å². The zero-order valence-electron chi connectivity index (χ0n) is 15.7. The summed E-state index contributed by atoms with van der Waals surface area (Å²) in [5.74, 6) is -0.00997. The number of aryl methyl sites for hydroxylation is 1. The van der Waals surface area contributed by atoms with Crippen LogP contribution in [0.25, 0.3) is 0 Å². The van der Waals surface area contributed by atoms with Gasteiger partial charge in [-0.05, 0) is 43.9 Å². The lowest BCUT2D eigenvalue weighted by Crippen LogP contribution is -2.38. The van der Waals surface area contributed by atoms with Crippen LogP contribution in [0, 0.1) is 6.92 Å². The first-order valence-corrected chi connectivity index (χ1v) is 9.17. The number of carbonyl (C=O) groups excluding carboxylic acids is 2. The summed E-state index contributed by atoms with van der Waals surface area (Å²) in [6.07, 6.45) is 6.84. The maximum atomic E-state index is 12.5. The van der Waals surface area contributed by atoms with Gasteiger partial charge in [0.05, 0.1) is 18.8 Å². The number of hydrogen-bond acceptors (Lipinski definition) is 3. The zero-order chi connectivity index (χ0) is 18.7. The van der Waals surface area contributed by atoms with Gasteiger partial charge in [0.15, 0.2) is 0 Å². The average Bonchev–Trinajstić information content (AvgIpc) is 3.20. The van der Waals surface area contributed by atoms with Crippen LogP contribution in [0.5, 0.6) is 0 Å². The van der Waals surface area contributed by atoms with Crippen LogP contribution in [0.1, 0.15) is 54.0 Å². The second kappa shape index (κ2) is 7.76. The van der Waals surface area contributed by atoms with E-state index >= 15 is 0 Å². The van der Waals surface area contributed by atoms with Gasteiger partial charge in [-0.1, -0.05) is 0 Å². The van der Waals surface area contributed by atoms with E-state index in [9.17, 15) is 9.59 Å². The number of piperidine rings is 1. The minimum atomic E-state index is -0.104. The molecule has 1 atom stereocenters. The first kappa shape index (κ1) is 18.2. The highest BCUT2D eigenvalue weighted by Gasteiger charge is 2.28. The van der Waals surface area contributed by atoms with Crippen molar-refractivity contribution in [2.24, 2.45) is 7.05 Å². The summed E-state index contributed by atoms with van der Waals surface area (Å²) >= 11 is 0. The van der Waals surface area contributed by atoms with Crippen LogP contribution in [0.3, 0.4) is 0 Å². The monoisotopic (exact) mass is 357 g/mol. The molecule has 0 saturated carbocycles. The minimum absolute atomic E-state index is 0.0554. The van der Waals surface area contributed by atoms with E-state index in [-0.39, 0.29) is 17.9 Å². The Morgan fingerprint density at radius 3 is 2.81 bits per heavy atom. The highest BCUT2D eigenvalue weighted by molar-refractivity contribution is 5.92. The van der Waals surface area contributed by atoms with E-state index in [4.69, 9.17) is 0 Å². The Bertz CT molecular complexity index is 792. The summed E-state index contributed by atoms with van der Waals surface area (Å²) in [7, 11) is 1.90. The van der Waals surface area contributed by atoms with Crippen molar-refractivity contribution in [1.29, 1.82) is 0 Å². The Labute approximate surface area is 154 Å². The van der Waals surface area contributed by atoms with Crippen molar-refractivity contribution in [1.82, 2.24) is 24.6 Å². The van der Waals surface area contributed by atoms with Crippen molar-refractivity contribution in [3.05, 3.63) is 41.5 Å². The van der Waals surface area contributed by atoms with Crippen molar-refractivity contribution in [2.45, 2.75) is 45.7 Å². The van der Waals surface area contributed by atoms with Crippen molar-refractivity contribution in [2.75, 3.05) is 13.1 Å². The summed E-state index contributed by atoms with van der Waals surface area (Å²) in [5.41, 5.74) is 2.74. The number of rotatable bonds is 5. The topological polar surface area (TPSA) is 72.2 Å². The van der Waals surface area contributed by atoms with E-state index in [0.717, 1.165) is 37.1 Å². The quantitative estimate of drug-likeness (QED) is 0.890. The van der Waals surface area contributed by atoms with Gasteiger partial charge < -0.3 is 14.8 Å². The molecule has 7 heteroatoms. The molecule has 1 N–H and O–H groups in total. The van der Waals surface area contributed by atoms with Gasteiger partial charge in [-0.25, -0.2) is 0 Å². The lowest BCUT2D eigenvalue weighted by molar-refractivity contribution is -0.132. The molecule has 2 aromatic rings. The molecule has 2 aromatic heterocycles. The predicted octanol–water partition coefficient (Wildman–Crippen LogP) is 2.03. The van der Waals surface area contributed by atoms with Crippen molar-refractivity contribution in [3.8, 4) is 0 Å². The molecule has 0 aromatic carbocycles. The summed E-state index contributed by atoms with van der Waals surface area (Å²) in [4.78, 5) is 26.4. The second-order valence-corrected chi connectivity index (χ2v) is 6.96. The fraction of sp³-hybridized carbons (Fsp3) is 0.526. The Kier molecular flexibility index (Phi) is 5.44. The van der Waals surface area contributed by atoms with E-state index in [0.29, 0.717) is 18.8 Å². The molecule has 3 rings (SSSR count). The Balaban J connectivity index is 1.65. The molecule has 26 heavy (non-hydrogen) atoms. The molecule has 0 unspecified atom stereocenters. The number of carbonyl (C=O) groups is 2. The van der Waals surface area contributed by atoms with Gasteiger partial charge in [-0.3, -0.25) is 14.3 Å². The first-order chi connectivity index (χ1) is 12.5. The molecule has 0 bridgehead atoms. The summed E-state index contributed by atoms with van der Waals surface area (Å²) in [5, 5.41) is 7.16. The van der Waals surface area contributed by atoms with E-state index in [1.54, 1.807) is 13.1 Å². The Hall–Kier alpha value is -2.57. The van der Waals surface area contributed by atoms with Crippen molar-refractivity contribution in [3.63, 3.8) is 0 Å². The van der Waals surface area contributed by atoms with Crippen molar-refractivity contribution >= 4 is 11.8 Å². The van der Waals surface area contributed by atoms with E-state index in [2.05, 4.69) is 10.4 Å². The lowest BCUT2D eigenvalue weighted by Gasteiger charge is -2.35. The molecular formula is C19H27N5O2. The van der Waals surface area contributed by atoms with Crippen LogP contribution < -0.4 is 5.32 Å². The van der Waals surface area contributed by atoms with Crippen LogP contribution in [0.4, 0.5) is 0 Å². The number of nitrogens with one attached hydrogen (secondary N) is 1. The second-order valence-electron chi connectivity index (χ2n) is 6.96. The highest BCUT2D eigenvalue weighted by atomic mass is 16.2.